The molecular formula is C20H24N2O5S. The lowest BCUT2D eigenvalue weighted by Gasteiger charge is -2.12. The highest BCUT2D eigenvalue weighted by molar-refractivity contribution is 7.89. The molecule has 0 saturated heterocycles. The summed E-state index contributed by atoms with van der Waals surface area (Å²) in [5, 5.41) is 2.69. The van der Waals surface area contributed by atoms with Crippen LogP contribution in [0.25, 0.3) is 0 Å². The number of rotatable bonds is 7. The molecular weight excluding hydrogens is 380 g/mol. The number of carbonyl (C=O) groups excluding carboxylic acids is 2. The number of para-hydroxylation sites is 1. The van der Waals surface area contributed by atoms with Gasteiger partial charge in [-0.05, 0) is 62.1 Å². The fourth-order valence-corrected chi connectivity index (χ4v) is 3.56. The van der Waals surface area contributed by atoms with E-state index in [1.54, 1.807) is 13.0 Å². The molecule has 28 heavy (non-hydrogen) atoms. The zero-order valence-corrected chi connectivity index (χ0v) is 17.1. The fraction of sp³-hybridized carbons (Fsp3) is 0.300. The largest absolute Gasteiger partial charge is 0.455 e. The molecule has 8 heteroatoms. The second kappa shape index (κ2) is 8.99. The van der Waals surface area contributed by atoms with Crippen molar-refractivity contribution in [2.45, 2.75) is 32.6 Å². The van der Waals surface area contributed by atoms with Crippen molar-refractivity contribution < 1.29 is 22.7 Å². The molecule has 0 fully saturated rings. The quantitative estimate of drug-likeness (QED) is 0.690. The monoisotopic (exact) mass is 404 g/mol. The van der Waals surface area contributed by atoms with Crippen LogP contribution < -0.4 is 10.0 Å². The summed E-state index contributed by atoms with van der Waals surface area (Å²) in [4.78, 5) is 23.9. The van der Waals surface area contributed by atoms with E-state index in [-0.39, 0.29) is 4.90 Å². The van der Waals surface area contributed by atoms with Crippen LogP contribution >= 0.6 is 0 Å². The average Bonchev–Trinajstić information content (AvgIpc) is 2.63. The van der Waals surface area contributed by atoms with Gasteiger partial charge in [-0.1, -0.05) is 24.3 Å². The third-order valence-corrected chi connectivity index (χ3v) is 5.70. The molecule has 2 rings (SSSR count). The van der Waals surface area contributed by atoms with Crippen LogP contribution in [0.4, 0.5) is 5.69 Å². The lowest BCUT2D eigenvalue weighted by atomic mass is 10.1. The van der Waals surface area contributed by atoms with Crippen LogP contribution in [0, 0.1) is 27.7 Å². The SMILES string of the molecule is Cc1ccc(S(=O)(=O)NCC(=O)OCC(=O)Nc2c(C)cccc2C)cc1C. The Morgan fingerprint density at radius 1 is 0.929 bits per heavy atom. The molecule has 150 valence electrons. The number of anilines is 1. The maximum atomic E-state index is 12.3. The number of sulfonamides is 1. The summed E-state index contributed by atoms with van der Waals surface area (Å²) >= 11 is 0. The second-order valence-corrected chi connectivity index (χ2v) is 8.31. The molecule has 0 saturated carbocycles. The lowest BCUT2D eigenvalue weighted by Crippen LogP contribution is -2.32. The molecule has 2 aromatic carbocycles. The normalized spacial score (nSPS) is 11.1. The maximum absolute atomic E-state index is 12.3. The first kappa shape index (κ1) is 21.6. The summed E-state index contributed by atoms with van der Waals surface area (Å²) in [6, 6.07) is 10.3. The van der Waals surface area contributed by atoms with Crippen LogP contribution in [-0.2, 0) is 24.3 Å². The van der Waals surface area contributed by atoms with Gasteiger partial charge in [-0.25, -0.2) is 8.42 Å². The smallest absolute Gasteiger partial charge is 0.321 e. The van der Waals surface area contributed by atoms with E-state index in [1.165, 1.54) is 12.1 Å². The molecule has 0 aromatic heterocycles. The van der Waals surface area contributed by atoms with Crippen LogP contribution in [0.3, 0.4) is 0 Å². The van der Waals surface area contributed by atoms with Gasteiger partial charge in [0.1, 0.15) is 6.54 Å². The summed E-state index contributed by atoms with van der Waals surface area (Å²) < 4.78 is 31.5. The highest BCUT2D eigenvalue weighted by Crippen LogP contribution is 2.19. The third-order valence-electron chi connectivity index (χ3n) is 4.30. The Hall–Kier alpha value is -2.71. The van der Waals surface area contributed by atoms with E-state index in [0.717, 1.165) is 22.3 Å². The van der Waals surface area contributed by atoms with Crippen molar-refractivity contribution in [2.24, 2.45) is 0 Å². The van der Waals surface area contributed by atoms with E-state index in [1.807, 2.05) is 39.0 Å². The summed E-state index contributed by atoms with van der Waals surface area (Å²) in [5.74, 6) is -1.34. The van der Waals surface area contributed by atoms with Crippen molar-refractivity contribution in [3.63, 3.8) is 0 Å². The van der Waals surface area contributed by atoms with Gasteiger partial charge in [-0.15, -0.1) is 0 Å². The van der Waals surface area contributed by atoms with Gasteiger partial charge in [0.05, 0.1) is 4.90 Å². The Kier molecular flexibility index (Phi) is 6.93. The van der Waals surface area contributed by atoms with Gasteiger partial charge >= 0.3 is 5.97 Å². The van der Waals surface area contributed by atoms with Crippen LogP contribution in [0.2, 0.25) is 0 Å². The van der Waals surface area contributed by atoms with Crippen molar-refractivity contribution in [3.05, 3.63) is 58.7 Å². The number of hydrogen-bond donors (Lipinski definition) is 2. The minimum Gasteiger partial charge on any atom is -0.455 e. The lowest BCUT2D eigenvalue weighted by molar-refractivity contribution is -0.146. The van der Waals surface area contributed by atoms with Gasteiger partial charge < -0.3 is 10.1 Å². The molecule has 0 atom stereocenters. The van der Waals surface area contributed by atoms with Gasteiger partial charge in [0, 0.05) is 5.69 Å². The maximum Gasteiger partial charge on any atom is 0.321 e. The summed E-state index contributed by atoms with van der Waals surface area (Å²) in [7, 11) is -3.84. The highest BCUT2D eigenvalue weighted by Gasteiger charge is 2.17. The second-order valence-electron chi connectivity index (χ2n) is 6.55. The standard InChI is InChI=1S/C20H24N2O5S/c1-13-8-9-17(10-16(13)4)28(25,26)21-11-19(24)27-12-18(23)22-20-14(2)6-5-7-15(20)3/h5-10,21H,11-12H2,1-4H3,(H,22,23). The molecule has 0 aliphatic rings. The van der Waals surface area contributed by atoms with E-state index in [9.17, 15) is 18.0 Å². The molecule has 0 aliphatic carbocycles. The number of aryl methyl sites for hydroxylation is 4. The Labute approximate surface area is 165 Å². The first-order chi connectivity index (χ1) is 13.1. The van der Waals surface area contributed by atoms with Crippen LogP contribution in [0.1, 0.15) is 22.3 Å². The molecule has 0 spiro atoms. The molecule has 7 nitrogen and oxygen atoms in total. The summed E-state index contributed by atoms with van der Waals surface area (Å²) in [6.45, 7) is 6.33. The van der Waals surface area contributed by atoms with Crippen LogP contribution in [0.5, 0.6) is 0 Å². The fourth-order valence-electron chi connectivity index (χ4n) is 2.50. The van der Waals surface area contributed by atoms with E-state index >= 15 is 0 Å². The third kappa shape index (κ3) is 5.64. The van der Waals surface area contributed by atoms with Gasteiger partial charge in [-0.3, -0.25) is 9.59 Å². The molecule has 0 heterocycles. The van der Waals surface area contributed by atoms with Crippen molar-refractivity contribution in [2.75, 3.05) is 18.5 Å². The van der Waals surface area contributed by atoms with Crippen molar-refractivity contribution in [3.8, 4) is 0 Å². The van der Waals surface area contributed by atoms with Crippen LogP contribution in [-0.4, -0.2) is 33.4 Å². The van der Waals surface area contributed by atoms with Gasteiger partial charge in [0.2, 0.25) is 10.0 Å². The number of ether oxygens (including phenoxy) is 1. The van der Waals surface area contributed by atoms with Crippen LogP contribution in [0.15, 0.2) is 41.3 Å². The van der Waals surface area contributed by atoms with Gasteiger partial charge in [0.25, 0.3) is 5.91 Å². The number of carbonyl (C=O) groups is 2. The van der Waals surface area contributed by atoms with Gasteiger partial charge in [0.15, 0.2) is 6.61 Å². The van der Waals surface area contributed by atoms with E-state index in [2.05, 4.69) is 10.0 Å². The van der Waals surface area contributed by atoms with Crippen molar-refractivity contribution in [1.82, 2.24) is 4.72 Å². The molecule has 0 unspecified atom stereocenters. The average molecular weight is 404 g/mol. The number of benzene rings is 2. The number of esters is 1. The molecule has 2 N–H and O–H groups in total. The summed E-state index contributed by atoms with van der Waals surface area (Å²) in [6.07, 6.45) is 0. The first-order valence-electron chi connectivity index (χ1n) is 8.69. The molecule has 0 aliphatic heterocycles. The molecule has 0 radical (unpaired) electrons. The Morgan fingerprint density at radius 3 is 2.18 bits per heavy atom. The Bertz CT molecular complexity index is 979. The van der Waals surface area contributed by atoms with E-state index in [0.29, 0.717) is 5.69 Å². The van der Waals surface area contributed by atoms with Gasteiger partial charge in [-0.2, -0.15) is 4.72 Å². The number of nitrogens with one attached hydrogen (secondary N) is 2. The van der Waals surface area contributed by atoms with Crippen molar-refractivity contribution >= 4 is 27.6 Å². The zero-order chi connectivity index (χ0) is 20.9. The minimum atomic E-state index is -3.84. The highest BCUT2D eigenvalue weighted by atomic mass is 32.2. The predicted molar refractivity (Wildman–Crippen MR) is 107 cm³/mol. The molecule has 0 bridgehead atoms. The molecule has 1 amide bonds. The first-order valence-corrected chi connectivity index (χ1v) is 10.2. The van der Waals surface area contributed by atoms with E-state index < -0.39 is 35.1 Å². The molecule has 2 aromatic rings. The Morgan fingerprint density at radius 2 is 1.57 bits per heavy atom. The summed E-state index contributed by atoms with van der Waals surface area (Å²) in [5.41, 5.74) is 4.24. The minimum absolute atomic E-state index is 0.0659. The predicted octanol–water partition coefficient (Wildman–Crippen LogP) is 2.38. The van der Waals surface area contributed by atoms with Crippen molar-refractivity contribution in [1.29, 1.82) is 0 Å². The number of amides is 1. The van der Waals surface area contributed by atoms with E-state index in [4.69, 9.17) is 4.74 Å². The zero-order valence-electron chi connectivity index (χ0n) is 16.3. The topological polar surface area (TPSA) is 102 Å². The Balaban J connectivity index is 1.86. The number of hydrogen-bond acceptors (Lipinski definition) is 5.